The van der Waals surface area contributed by atoms with Crippen molar-refractivity contribution in [2.75, 3.05) is 25.0 Å². The average molecular weight is 466 g/mol. The van der Waals surface area contributed by atoms with Gasteiger partial charge in [0.05, 0.1) is 22.0 Å². The summed E-state index contributed by atoms with van der Waals surface area (Å²) in [5.74, 6) is -1.53. The van der Waals surface area contributed by atoms with Gasteiger partial charge >= 0.3 is 5.97 Å². The summed E-state index contributed by atoms with van der Waals surface area (Å²) in [5, 5.41) is 13.8. The highest BCUT2D eigenvalue weighted by molar-refractivity contribution is 7.18. The van der Waals surface area contributed by atoms with Crippen LogP contribution in [0.25, 0.3) is 0 Å². The van der Waals surface area contributed by atoms with Gasteiger partial charge in [0.1, 0.15) is 10.0 Å². The molecule has 2 aromatic rings. The second-order valence-corrected chi connectivity index (χ2v) is 8.29. The van der Waals surface area contributed by atoms with Gasteiger partial charge in [-0.1, -0.05) is 11.6 Å². The number of rotatable bonds is 6. The number of amides is 2. The number of nitro benzene ring substituents is 1. The number of benzene rings is 1. The van der Waals surface area contributed by atoms with Gasteiger partial charge in [-0.3, -0.25) is 19.7 Å². The molecule has 0 spiro atoms. The van der Waals surface area contributed by atoms with Gasteiger partial charge in [-0.05, 0) is 44.4 Å². The van der Waals surface area contributed by atoms with Crippen molar-refractivity contribution in [3.63, 3.8) is 0 Å². The summed E-state index contributed by atoms with van der Waals surface area (Å²) < 4.78 is 5.11. The number of ether oxygens (including phenoxy) is 1. The molecule has 1 fully saturated rings. The van der Waals surface area contributed by atoms with E-state index < -0.39 is 22.5 Å². The van der Waals surface area contributed by atoms with Crippen molar-refractivity contribution in [3.8, 4) is 0 Å². The van der Waals surface area contributed by atoms with Crippen molar-refractivity contribution >= 4 is 51.4 Å². The lowest BCUT2D eigenvalue weighted by Gasteiger charge is -2.14. The molecule has 0 saturated carbocycles. The number of nitro groups is 1. The van der Waals surface area contributed by atoms with E-state index in [1.165, 1.54) is 12.1 Å². The van der Waals surface area contributed by atoms with Crippen molar-refractivity contribution in [2.24, 2.45) is 0 Å². The minimum absolute atomic E-state index is 0.00983. The predicted molar refractivity (Wildman–Crippen MR) is 116 cm³/mol. The van der Waals surface area contributed by atoms with Crippen LogP contribution in [0.2, 0.25) is 5.02 Å². The van der Waals surface area contributed by atoms with Crippen LogP contribution in [0, 0.1) is 17.0 Å². The van der Waals surface area contributed by atoms with Crippen LogP contribution in [0.1, 0.15) is 55.7 Å². The zero-order valence-corrected chi connectivity index (χ0v) is 18.5. The third kappa shape index (κ3) is 4.70. The van der Waals surface area contributed by atoms with Crippen molar-refractivity contribution in [1.82, 2.24) is 4.90 Å². The molecular formula is C20H20ClN3O6S. The predicted octanol–water partition coefficient (Wildman–Crippen LogP) is 4.28. The van der Waals surface area contributed by atoms with E-state index >= 15 is 0 Å². The van der Waals surface area contributed by atoms with Crippen molar-refractivity contribution in [1.29, 1.82) is 0 Å². The topological polar surface area (TPSA) is 119 Å². The number of thiophene rings is 1. The highest BCUT2D eigenvalue weighted by Crippen LogP contribution is 2.36. The van der Waals surface area contributed by atoms with Crippen LogP contribution in [-0.2, 0) is 4.74 Å². The van der Waals surface area contributed by atoms with Crippen LogP contribution in [0.5, 0.6) is 0 Å². The second-order valence-electron chi connectivity index (χ2n) is 6.86. The van der Waals surface area contributed by atoms with E-state index in [0.29, 0.717) is 23.5 Å². The molecule has 0 bridgehead atoms. The molecular weight excluding hydrogens is 446 g/mol. The summed E-state index contributed by atoms with van der Waals surface area (Å²) >= 11 is 6.79. The van der Waals surface area contributed by atoms with Gasteiger partial charge in [0.25, 0.3) is 17.5 Å². The Morgan fingerprint density at radius 2 is 1.97 bits per heavy atom. The molecule has 3 rings (SSSR count). The number of nitrogens with one attached hydrogen (secondary N) is 1. The molecule has 1 aliphatic rings. The number of halogens is 1. The van der Waals surface area contributed by atoms with E-state index in [2.05, 4.69) is 5.32 Å². The number of nitrogens with zero attached hydrogens (tertiary/aromatic N) is 2. The number of likely N-dealkylation sites (tertiary alicyclic amines) is 1. The molecule has 9 nitrogen and oxygen atoms in total. The molecule has 0 atom stereocenters. The first-order chi connectivity index (χ1) is 14.7. The molecule has 31 heavy (non-hydrogen) atoms. The maximum Gasteiger partial charge on any atom is 0.341 e. The van der Waals surface area contributed by atoms with E-state index in [1.54, 1.807) is 18.7 Å². The van der Waals surface area contributed by atoms with Gasteiger partial charge in [-0.25, -0.2) is 4.79 Å². The van der Waals surface area contributed by atoms with Gasteiger partial charge in [0.15, 0.2) is 0 Å². The lowest BCUT2D eigenvalue weighted by atomic mass is 10.1. The molecule has 2 heterocycles. The normalized spacial score (nSPS) is 13.2. The summed E-state index contributed by atoms with van der Waals surface area (Å²) in [6.07, 6.45) is 1.83. The molecule has 0 aliphatic carbocycles. The Morgan fingerprint density at radius 1 is 1.29 bits per heavy atom. The fourth-order valence-corrected chi connectivity index (χ4v) is 4.63. The minimum Gasteiger partial charge on any atom is -0.462 e. The van der Waals surface area contributed by atoms with Crippen LogP contribution in [0.15, 0.2) is 18.2 Å². The summed E-state index contributed by atoms with van der Waals surface area (Å²) in [5.41, 5.74) is 0.112. The Hall–Kier alpha value is -2.98. The van der Waals surface area contributed by atoms with Crippen molar-refractivity contribution in [2.45, 2.75) is 26.7 Å². The smallest absolute Gasteiger partial charge is 0.341 e. The van der Waals surface area contributed by atoms with E-state index in [9.17, 15) is 24.5 Å². The fourth-order valence-electron chi connectivity index (χ4n) is 3.29. The first kappa shape index (κ1) is 22.7. The third-order valence-electron chi connectivity index (χ3n) is 4.85. The number of carbonyl (C=O) groups excluding carboxylic acids is 3. The van der Waals surface area contributed by atoms with Gasteiger partial charge in [-0.2, -0.15) is 0 Å². The lowest BCUT2D eigenvalue weighted by Crippen LogP contribution is -2.27. The summed E-state index contributed by atoms with van der Waals surface area (Å²) in [4.78, 5) is 50.7. The van der Waals surface area contributed by atoms with Gasteiger partial charge in [-0.15, -0.1) is 11.3 Å². The van der Waals surface area contributed by atoms with E-state index in [-0.39, 0.29) is 33.7 Å². The van der Waals surface area contributed by atoms with Gasteiger partial charge < -0.3 is 15.0 Å². The first-order valence-corrected chi connectivity index (χ1v) is 10.8. The Kier molecular flexibility index (Phi) is 6.91. The monoisotopic (exact) mass is 465 g/mol. The summed E-state index contributed by atoms with van der Waals surface area (Å²) in [7, 11) is 0. The molecule has 1 aromatic carbocycles. The maximum atomic E-state index is 12.9. The number of hydrogen-bond acceptors (Lipinski definition) is 7. The fraction of sp³-hybridized carbons (Fsp3) is 0.350. The largest absolute Gasteiger partial charge is 0.462 e. The zero-order chi connectivity index (χ0) is 22.7. The number of anilines is 1. The highest BCUT2D eigenvalue weighted by Gasteiger charge is 2.30. The average Bonchev–Trinajstić information content (AvgIpc) is 3.36. The molecule has 1 aliphatic heterocycles. The van der Waals surface area contributed by atoms with Gasteiger partial charge in [0.2, 0.25) is 0 Å². The quantitative estimate of drug-likeness (QED) is 0.386. The Labute approximate surface area is 187 Å². The Balaban J connectivity index is 1.97. The van der Waals surface area contributed by atoms with E-state index in [4.69, 9.17) is 16.3 Å². The van der Waals surface area contributed by atoms with Crippen molar-refractivity contribution in [3.05, 3.63) is 54.9 Å². The number of hydrogen-bond donors (Lipinski definition) is 1. The Bertz CT molecular complexity index is 1060. The standard InChI is InChI=1S/C20H20ClN3O6S/c1-3-30-20(27)15-11(2)16(19(26)23-8-4-5-9-23)31-18(15)22-17(25)12-6-7-13(21)14(10-12)24(28)29/h6-7,10H,3-5,8-9H2,1-2H3,(H,22,25). The maximum absolute atomic E-state index is 12.9. The molecule has 1 N–H and O–H groups in total. The summed E-state index contributed by atoms with van der Waals surface area (Å²) in [6.45, 7) is 4.69. The molecule has 11 heteroatoms. The first-order valence-electron chi connectivity index (χ1n) is 9.59. The SMILES string of the molecule is CCOC(=O)c1c(NC(=O)c2ccc(Cl)c([N+](=O)[O-])c2)sc(C(=O)N2CCCC2)c1C. The highest BCUT2D eigenvalue weighted by atomic mass is 35.5. The molecule has 0 radical (unpaired) electrons. The zero-order valence-electron chi connectivity index (χ0n) is 16.9. The van der Waals surface area contributed by atoms with Crippen LogP contribution in [-0.4, -0.2) is 47.3 Å². The van der Waals surface area contributed by atoms with E-state index in [0.717, 1.165) is 30.2 Å². The van der Waals surface area contributed by atoms with Crippen LogP contribution in [0.3, 0.4) is 0 Å². The van der Waals surface area contributed by atoms with Crippen molar-refractivity contribution < 1.29 is 24.0 Å². The molecule has 0 unspecified atom stereocenters. The number of carbonyl (C=O) groups is 3. The van der Waals surface area contributed by atoms with Crippen LogP contribution < -0.4 is 5.32 Å². The minimum atomic E-state index is -0.689. The van der Waals surface area contributed by atoms with E-state index in [1.807, 2.05) is 0 Å². The van der Waals surface area contributed by atoms with Gasteiger partial charge in [0, 0.05) is 24.7 Å². The van der Waals surface area contributed by atoms with Crippen LogP contribution in [0.4, 0.5) is 10.7 Å². The second kappa shape index (κ2) is 9.44. The third-order valence-corrected chi connectivity index (χ3v) is 6.36. The lowest BCUT2D eigenvalue weighted by molar-refractivity contribution is -0.384. The molecule has 1 saturated heterocycles. The molecule has 164 valence electrons. The summed E-state index contributed by atoms with van der Waals surface area (Å²) in [6, 6.07) is 3.65. The Morgan fingerprint density at radius 3 is 2.58 bits per heavy atom. The van der Waals surface area contributed by atoms with Crippen LogP contribution >= 0.6 is 22.9 Å². The molecule has 2 amide bonds. The molecule has 1 aromatic heterocycles. The number of esters is 1.